The topological polar surface area (TPSA) is 137 Å². The standard InChI is InChI=1S/C21H19ClN4O4S2/c1-20(2)15(17(28)29)26-18(30)21(9-23,19(26)32-20)25-16(27)13(24)14-11(22)8-12(31-14)10-6-4-3-5-7-10/h3-8,13,15,19H,24H2,1-2H3,(H,25,27)(H,28,29)/t13?,15-,19+,21-/m0/s1. The molecule has 0 saturated carbocycles. The predicted molar refractivity (Wildman–Crippen MR) is 122 cm³/mol. The molecule has 3 heterocycles. The number of carboxylic acids is 1. The number of nitrogens with zero attached hydrogens (tertiary/aromatic N) is 2. The molecule has 2 aliphatic heterocycles. The highest BCUT2D eigenvalue weighted by atomic mass is 35.5. The number of carboxylic acid groups (broad SMARTS) is 1. The van der Waals surface area contributed by atoms with E-state index >= 15 is 0 Å². The third kappa shape index (κ3) is 3.28. The van der Waals surface area contributed by atoms with E-state index in [1.165, 1.54) is 23.1 Å². The van der Waals surface area contributed by atoms with E-state index in [9.17, 15) is 24.8 Å². The fraction of sp³-hybridized carbons (Fsp3) is 0.333. The van der Waals surface area contributed by atoms with E-state index < -0.39 is 45.5 Å². The number of fused-ring (bicyclic) bond motifs is 1. The van der Waals surface area contributed by atoms with Crippen LogP contribution in [0.2, 0.25) is 5.02 Å². The Labute approximate surface area is 197 Å². The number of β-lactam (4-membered cyclic amide) rings is 1. The average Bonchev–Trinajstić information content (AvgIpc) is 3.27. The molecule has 166 valence electrons. The first-order valence-corrected chi connectivity index (χ1v) is 11.7. The van der Waals surface area contributed by atoms with Crippen LogP contribution in [0, 0.1) is 11.3 Å². The third-order valence-electron chi connectivity index (χ3n) is 5.61. The molecule has 4 atom stereocenters. The lowest BCUT2D eigenvalue weighted by Crippen LogP contribution is -2.79. The van der Waals surface area contributed by atoms with Crippen LogP contribution < -0.4 is 11.1 Å². The number of hydrogen-bond acceptors (Lipinski definition) is 7. The molecule has 2 fully saturated rings. The van der Waals surface area contributed by atoms with E-state index in [0.29, 0.717) is 9.90 Å². The summed E-state index contributed by atoms with van der Waals surface area (Å²) in [6.07, 6.45) is 0. The number of carbonyl (C=O) groups excluding carboxylic acids is 2. The van der Waals surface area contributed by atoms with Gasteiger partial charge in [0.1, 0.15) is 23.5 Å². The van der Waals surface area contributed by atoms with Crippen LogP contribution in [-0.4, -0.2) is 49.5 Å². The number of benzene rings is 1. The zero-order valence-corrected chi connectivity index (χ0v) is 19.4. The molecule has 0 radical (unpaired) electrons. The number of amides is 2. The van der Waals surface area contributed by atoms with Crippen LogP contribution in [0.15, 0.2) is 36.4 Å². The molecule has 1 aromatic carbocycles. The van der Waals surface area contributed by atoms with E-state index in [4.69, 9.17) is 17.3 Å². The summed E-state index contributed by atoms with van der Waals surface area (Å²) in [5.74, 6) is -2.65. The Bertz CT molecular complexity index is 1160. The van der Waals surface area contributed by atoms with Gasteiger partial charge in [-0.3, -0.25) is 9.59 Å². The third-order valence-corrected chi connectivity index (χ3v) is 8.94. The van der Waals surface area contributed by atoms with Gasteiger partial charge in [-0.15, -0.1) is 23.1 Å². The maximum absolute atomic E-state index is 13.0. The highest BCUT2D eigenvalue weighted by Crippen LogP contribution is 2.54. The van der Waals surface area contributed by atoms with Crippen LogP contribution in [0.25, 0.3) is 10.4 Å². The molecular weight excluding hydrogens is 472 g/mol. The Hall–Kier alpha value is -2.58. The minimum atomic E-state index is -1.88. The van der Waals surface area contributed by atoms with Crippen molar-refractivity contribution >= 4 is 52.5 Å². The number of nitriles is 1. The highest BCUT2D eigenvalue weighted by Gasteiger charge is 2.73. The van der Waals surface area contributed by atoms with Crippen molar-refractivity contribution in [2.45, 2.75) is 41.6 Å². The molecule has 1 unspecified atom stereocenters. The number of nitrogens with two attached hydrogens (primary N) is 1. The fourth-order valence-electron chi connectivity index (χ4n) is 4.04. The molecule has 8 nitrogen and oxygen atoms in total. The average molecular weight is 491 g/mol. The molecule has 11 heteroatoms. The maximum Gasteiger partial charge on any atom is 0.327 e. The highest BCUT2D eigenvalue weighted by molar-refractivity contribution is 8.01. The van der Waals surface area contributed by atoms with Gasteiger partial charge in [-0.05, 0) is 25.5 Å². The zero-order chi connectivity index (χ0) is 23.4. The molecule has 2 aromatic rings. The Morgan fingerprint density at radius 1 is 1.34 bits per heavy atom. The van der Waals surface area contributed by atoms with E-state index in [0.717, 1.165) is 15.3 Å². The first-order chi connectivity index (χ1) is 15.0. The second-order valence-electron chi connectivity index (χ2n) is 8.10. The van der Waals surface area contributed by atoms with Crippen molar-refractivity contribution in [3.63, 3.8) is 0 Å². The smallest absolute Gasteiger partial charge is 0.327 e. The summed E-state index contributed by atoms with van der Waals surface area (Å²) in [7, 11) is 0. The Morgan fingerprint density at radius 3 is 2.59 bits per heavy atom. The molecule has 0 bridgehead atoms. The lowest BCUT2D eigenvalue weighted by molar-refractivity contribution is -0.165. The summed E-state index contributed by atoms with van der Waals surface area (Å²) in [4.78, 5) is 40.0. The van der Waals surface area contributed by atoms with Crippen molar-refractivity contribution in [3.05, 3.63) is 46.3 Å². The Morgan fingerprint density at radius 2 is 2.00 bits per heavy atom. The van der Waals surface area contributed by atoms with Gasteiger partial charge in [-0.1, -0.05) is 41.9 Å². The van der Waals surface area contributed by atoms with E-state index in [1.807, 2.05) is 36.4 Å². The summed E-state index contributed by atoms with van der Waals surface area (Å²) in [5, 5.41) is 21.4. The second-order valence-corrected chi connectivity index (χ2v) is 11.3. The number of thioether (sulfide) groups is 1. The second kappa shape index (κ2) is 7.78. The molecule has 32 heavy (non-hydrogen) atoms. The lowest BCUT2D eigenvalue weighted by atomic mass is 9.85. The summed E-state index contributed by atoms with van der Waals surface area (Å²) in [5.41, 5.74) is 5.20. The van der Waals surface area contributed by atoms with Crippen LogP contribution in [0.5, 0.6) is 0 Å². The minimum Gasteiger partial charge on any atom is -0.480 e. The zero-order valence-electron chi connectivity index (χ0n) is 17.0. The van der Waals surface area contributed by atoms with E-state index in [2.05, 4.69) is 5.32 Å². The lowest BCUT2D eigenvalue weighted by Gasteiger charge is -2.49. The maximum atomic E-state index is 13.0. The van der Waals surface area contributed by atoms with Gasteiger partial charge in [0, 0.05) is 9.62 Å². The largest absolute Gasteiger partial charge is 0.480 e. The quantitative estimate of drug-likeness (QED) is 0.548. The van der Waals surface area contributed by atoms with Crippen LogP contribution in [-0.2, 0) is 14.4 Å². The van der Waals surface area contributed by atoms with Crippen molar-refractivity contribution in [3.8, 4) is 16.5 Å². The molecule has 1 aromatic heterocycles. The summed E-state index contributed by atoms with van der Waals surface area (Å²) in [6.45, 7) is 3.38. The summed E-state index contributed by atoms with van der Waals surface area (Å²) in [6, 6.07) is 10.8. The van der Waals surface area contributed by atoms with Gasteiger partial charge in [-0.25, -0.2) is 4.79 Å². The number of carbonyl (C=O) groups is 3. The molecule has 2 saturated heterocycles. The van der Waals surface area contributed by atoms with Crippen LogP contribution in [0.4, 0.5) is 0 Å². The molecule has 4 N–H and O–H groups in total. The number of aliphatic carboxylic acids is 1. The van der Waals surface area contributed by atoms with Crippen LogP contribution in [0.1, 0.15) is 24.8 Å². The van der Waals surface area contributed by atoms with Gasteiger partial charge in [0.15, 0.2) is 0 Å². The van der Waals surface area contributed by atoms with Gasteiger partial charge < -0.3 is 21.1 Å². The molecule has 2 aliphatic rings. The molecule has 0 aliphatic carbocycles. The minimum absolute atomic E-state index is 0.311. The van der Waals surface area contributed by atoms with Crippen molar-refractivity contribution in [1.82, 2.24) is 10.2 Å². The van der Waals surface area contributed by atoms with Crippen LogP contribution >= 0.6 is 34.7 Å². The van der Waals surface area contributed by atoms with Crippen molar-refractivity contribution in [2.75, 3.05) is 0 Å². The summed E-state index contributed by atoms with van der Waals surface area (Å²) < 4.78 is -0.834. The van der Waals surface area contributed by atoms with Gasteiger partial charge in [0.2, 0.25) is 11.4 Å². The molecule has 0 spiro atoms. The first kappa shape index (κ1) is 22.6. The number of rotatable bonds is 5. The van der Waals surface area contributed by atoms with Crippen molar-refractivity contribution in [2.24, 2.45) is 5.73 Å². The molecule has 4 rings (SSSR count). The Kier molecular flexibility index (Phi) is 5.49. The Balaban J connectivity index is 1.58. The van der Waals surface area contributed by atoms with Crippen LogP contribution in [0.3, 0.4) is 0 Å². The SMILES string of the molecule is CC1(C)S[C@H]2N(C(=O)[C@]2(C#N)NC(=O)C(N)c2sc(-c3ccccc3)cc2Cl)[C@H]1C(=O)O. The van der Waals surface area contributed by atoms with Crippen molar-refractivity contribution in [1.29, 1.82) is 5.26 Å². The van der Waals surface area contributed by atoms with Gasteiger partial charge in [0.25, 0.3) is 5.91 Å². The van der Waals surface area contributed by atoms with Gasteiger partial charge >= 0.3 is 5.97 Å². The number of thiophene rings is 1. The number of halogens is 1. The first-order valence-electron chi connectivity index (χ1n) is 9.60. The number of nitrogens with one attached hydrogen (secondary N) is 1. The normalized spacial score (nSPS) is 26.6. The monoisotopic (exact) mass is 490 g/mol. The predicted octanol–water partition coefficient (Wildman–Crippen LogP) is 2.59. The molecular formula is C21H19ClN4O4S2. The summed E-state index contributed by atoms with van der Waals surface area (Å²) >= 11 is 8.76. The van der Waals surface area contributed by atoms with Crippen molar-refractivity contribution < 1.29 is 19.5 Å². The molecule has 2 amide bonds. The fourth-order valence-corrected chi connectivity index (χ4v) is 7.14. The van der Waals surface area contributed by atoms with E-state index in [-0.39, 0.29) is 0 Å². The van der Waals surface area contributed by atoms with Gasteiger partial charge in [-0.2, -0.15) is 5.26 Å². The van der Waals surface area contributed by atoms with Gasteiger partial charge in [0.05, 0.1) is 9.90 Å². The van der Waals surface area contributed by atoms with E-state index in [1.54, 1.807) is 19.9 Å². The number of hydrogen-bond donors (Lipinski definition) is 3.